The molecule has 112 valence electrons. The third kappa shape index (κ3) is 5.55. The molecule has 0 aromatic carbocycles. The maximum Gasteiger partial charge on any atom is 0.405 e. The summed E-state index contributed by atoms with van der Waals surface area (Å²) in [6, 6.07) is 0.483. The number of hydrogen-bond acceptors (Lipinski definition) is 4. The van der Waals surface area contributed by atoms with Gasteiger partial charge in [0.2, 0.25) is 5.91 Å². The molecule has 1 aromatic rings. The molecule has 0 fully saturated rings. The molecule has 9 heteroatoms. The Morgan fingerprint density at radius 1 is 1.45 bits per heavy atom. The van der Waals surface area contributed by atoms with Gasteiger partial charge in [-0.3, -0.25) is 10.1 Å². The number of halogens is 3. The molecule has 0 aliphatic carbocycles. The molecule has 1 atom stereocenters. The van der Waals surface area contributed by atoms with E-state index in [1.54, 1.807) is 18.3 Å². The highest BCUT2D eigenvalue weighted by Crippen LogP contribution is 2.27. The highest BCUT2D eigenvalue weighted by Gasteiger charge is 2.28. The lowest BCUT2D eigenvalue weighted by Gasteiger charge is -2.12. The Labute approximate surface area is 117 Å². The van der Waals surface area contributed by atoms with Gasteiger partial charge < -0.3 is 9.73 Å². The first kappa shape index (κ1) is 16.4. The van der Waals surface area contributed by atoms with E-state index in [9.17, 15) is 22.8 Å². The number of imide groups is 1. The van der Waals surface area contributed by atoms with E-state index < -0.39 is 29.9 Å². The summed E-state index contributed by atoms with van der Waals surface area (Å²) in [5, 5.41) is 2.75. The lowest BCUT2D eigenvalue weighted by atomic mass is 10.4. The summed E-state index contributed by atoms with van der Waals surface area (Å²) in [7, 11) is 0. The fourth-order valence-electron chi connectivity index (χ4n) is 1.18. The molecule has 3 amide bonds. The number of nitrogens with one attached hydrogen (secondary N) is 2. The maximum absolute atomic E-state index is 11.9. The lowest BCUT2D eigenvalue weighted by Crippen LogP contribution is -2.45. The SMILES string of the molecule is Cc1occc1SC(C)C(=O)NC(=O)NCC(F)(F)F. The third-order valence-corrected chi connectivity index (χ3v) is 3.42. The Morgan fingerprint density at radius 3 is 2.60 bits per heavy atom. The zero-order valence-corrected chi connectivity index (χ0v) is 11.5. The van der Waals surface area contributed by atoms with Gasteiger partial charge in [0, 0.05) is 4.90 Å². The molecule has 1 aromatic heterocycles. The van der Waals surface area contributed by atoms with Gasteiger partial charge in [0.25, 0.3) is 0 Å². The normalized spacial score (nSPS) is 12.8. The van der Waals surface area contributed by atoms with Gasteiger partial charge in [-0.25, -0.2) is 4.79 Å². The average molecular weight is 310 g/mol. The first-order valence-electron chi connectivity index (χ1n) is 5.55. The van der Waals surface area contributed by atoms with Crippen LogP contribution in [0.3, 0.4) is 0 Å². The highest BCUT2D eigenvalue weighted by atomic mass is 32.2. The van der Waals surface area contributed by atoms with Crippen molar-refractivity contribution in [2.75, 3.05) is 6.54 Å². The van der Waals surface area contributed by atoms with Crippen molar-refractivity contribution in [3.8, 4) is 0 Å². The summed E-state index contributed by atoms with van der Waals surface area (Å²) in [6.45, 7) is 1.75. The number of urea groups is 1. The van der Waals surface area contributed by atoms with Gasteiger partial charge >= 0.3 is 12.2 Å². The van der Waals surface area contributed by atoms with Crippen LogP contribution in [-0.4, -0.2) is 29.9 Å². The van der Waals surface area contributed by atoms with Crippen molar-refractivity contribution in [3.05, 3.63) is 18.1 Å². The van der Waals surface area contributed by atoms with E-state index in [-0.39, 0.29) is 0 Å². The van der Waals surface area contributed by atoms with E-state index >= 15 is 0 Å². The first-order chi connectivity index (χ1) is 9.19. The lowest BCUT2D eigenvalue weighted by molar-refractivity contribution is -0.124. The van der Waals surface area contributed by atoms with E-state index in [4.69, 9.17) is 4.42 Å². The Kier molecular flexibility index (Phi) is 5.49. The number of carbonyl (C=O) groups excluding carboxylic acids is 2. The monoisotopic (exact) mass is 310 g/mol. The van der Waals surface area contributed by atoms with Crippen molar-refractivity contribution >= 4 is 23.7 Å². The van der Waals surface area contributed by atoms with E-state index in [0.29, 0.717) is 5.76 Å². The van der Waals surface area contributed by atoms with E-state index in [1.165, 1.54) is 13.2 Å². The average Bonchev–Trinajstić information content (AvgIpc) is 2.71. The Balaban J connectivity index is 2.42. The van der Waals surface area contributed by atoms with Crippen LogP contribution in [0.5, 0.6) is 0 Å². The minimum Gasteiger partial charge on any atom is -0.468 e. The summed E-state index contributed by atoms with van der Waals surface area (Å²) < 4.78 is 40.6. The van der Waals surface area contributed by atoms with Crippen LogP contribution in [0.25, 0.3) is 0 Å². The minimum absolute atomic E-state index is 0.621. The molecule has 0 saturated heterocycles. The minimum atomic E-state index is -4.52. The molecule has 1 rings (SSSR count). The van der Waals surface area contributed by atoms with Crippen LogP contribution in [0, 0.1) is 6.92 Å². The second kappa shape index (κ2) is 6.69. The third-order valence-electron chi connectivity index (χ3n) is 2.17. The molecule has 0 spiro atoms. The Hall–Kier alpha value is -1.64. The topological polar surface area (TPSA) is 71.3 Å². The molecule has 0 saturated carbocycles. The Morgan fingerprint density at radius 2 is 2.10 bits per heavy atom. The second-order valence-corrected chi connectivity index (χ2v) is 5.27. The van der Waals surface area contributed by atoms with Gasteiger partial charge in [0.1, 0.15) is 12.3 Å². The summed E-state index contributed by atoms with van der Waals surface area (Å²) >= 11 is 1.14. The fraction of sp³-hybridized carbons (Fsp3) is 0.455. The van der Waals surface area contributed by atoms with Crippen molar-refractivity contribution in [1.82, 2.24) is 10.6 Å². The number of hydrogen-bond donors (Lipinski definition) is 2. The number of amides is 3. The van der Waals surface area contributed by atoms with Crippen LogP contribution in [0.15, 0.2) is 21.6 Å². The van der Waals surface area contributed by atoms with Crippen LogP contribution in [0.4, 0.5) is 18.0 Å². The molecule has 20 heavy (non-hydrogen) atoms. The molecule has 0 bridgehead atoms. The molecule has 0 radical (unpaired) electrons. The van der Waals surface area contributed by atoms with E-state index in [1.807, 2.05) is 5.32 Å². The van der Waals surface area contributed by atoms with Crippen LogP contribution in [0.1, 0.15) is 12.7 Å². The van der Waals surface area contributed by atoms with Crippen molar-refractivity contribution in [2.45, 2.75) is 30.2 Å². The van der Waals surface area contributed by atoms with Crippen molar-refractivity contribution in [1.29, 1.82) is 0 Å². The molecule has 1 unspecified atom stereocenters. The predicted octanol–water partition coefficient (Wildman–Crippen LogP) is 2.46. The van der Waals surface area contributed by atoms with Gasteiger partial charge in [0.05, 0.1) is 11.5 Å². The van der Waals surface area contributed by atoms with Crippen LogP contribution < -0.4 is 10.6 Å². The molecule has 0 aliphatic heterocycles. The van der Waals surface area contributed by atoms with Gasteiger partial charge in [-0.2, -0.15) is 13.2 Å². The van der Waals surface area contributed by atoms with Gasteiger partial charge in [-0.1, -0.05) is 0 Å². The van der Waals surface area contributed by atoms with E-state index in [2.05, 4.69) is 0 Å². The molecule has 2 N–H and O–H groups in total. The number of thioether (sulfide) groups is 1. The molecular weight excluding hydrogens is 297 g/mol. The molecule has 0 aliphatic rings. The standard InChI is InChI=1S/C11H13F3N2O3S/c1-6-8(3-4-19-6)20-7(2)9(17)16-10(18)15-5-11(12,13)14/h3-4,7H,5H2,1-2H3,(H2,15,16,17,18). The van der Waals surface area contributed by atoms with Crippen molar-refractivity contribution in [3.63, 3.8) is 0 Å². The van der Waals surface area contributed by atoms with Gasteiger partial charge in [0.15, 0.2) is 0 Å². The molecule has 5 nitrogen and oxygen atoms in total. The zero-order valence-electron chi connectivity index (χ0n) is 10.7. The van der Waals surface area contributed by atoms with Crippen LogP contribution in [0.2, 0.25) is 0 Å². The second-order valence-electron chi connectivity index (χ2n) is 3.89. The molecule has 1 heterocycles. The summed E-state index contributed by atoms with van der Waals surface area (Å²) in [5.74, 6) is -0.0635. The molecular formula is C11H13F3N2O3S. The summed E-state index contributed by atoms with van der Waals surface area (Å²) in [4.78, 5) is 23.4. The number of aryl methyl sites for hydroxylation is 1. The number of furan rings is 1. The summed E-state index contributed by atoms with van der Waals surface area (Å²) in [5.41, 5.74) is 0. The zero-order chi connectivity index (χ0) is 15.3. The quantitative estimate of drug-likeness (QED) is 0.838. The Bertz CT molecular complexity index is 488. The van der Waals surface area contributed by atoms with Crippen LogP contribution >= 0.6 is 11.8 Å². The van der Waals surface area contributed by atoms with E-state index in [0.717, 1.165) is 16.7 Å². The van der Waals surface area contributed by atoms with Gasteiger partial charge in [-0.15, -0.1) is 11.8 Å². The van der Waals surface area contributed by atoms with Crippen molar-refractivity contribution < 1.29 is 27.2 Å². The predicted molar refractivity (Wildman–Crippen MR) is 66.4 cm³/mol. The smallest absolute Gasteiger partial charge is 0.405 e. The summed E-state index contributed by atoms with van der Waals surface area (Å²) in [6.07, 6.45) is -3.06. The van der Waals surface area contributed by atoms with Crippen molar-refractivity contribution in [2.24, 2.45) is 0 Å². The largest absolute Gasteiger partial charge is 0.468 e. The van der Waals surface area contributed by atoms with Gasteiger partial charge in [-0.05, 0) is 19.9 Å². The maximum atomic E-state index is 11.9. The number of alkyl halides is 3. The van der Waals surface area contributed by atoms with Crippen LogP contribution in [-0.2, 0) is 4.79 Å². The highest BCUT2D eigenvalue weighted by molar-refractivity contribution is 8.00. The first-order valence-corrected chi connectivity index (χ1v) is 6.43. The fourth-order valence-corrected chi connectivity index (χ4v) is 2.07. The number of carbonyl (C=O) groups is 2. The number of rotatable bonds is 4.